The first-order valence-corrected chi connectivity index (χ1v) is 11.5. The number of ether oxygens (including phenoxy) is 1. The highest BCUT2D eigenvalue weighted by atomic mass is 32.2. The van der Waals surface area contributed by atoms with Crippen LogP contribution in [0.1, 0.15) is 28.2 Å². The third-order valence-electron chi connectivity index (χ3n) is 5.06. The zero-order valence-corrected chi connectivity index (χ0v) is 18.0. The van der Waals surface area contributed by atoms with Crippen molar-refractivity contribution in [2.75, 3.05) is 20.2 Å². The lowest BCUT2D eigenvalue weighted by Crippen LogP contribution is -2.42. The quantitative estimate of drug-likeness (QED) is 0.776. The summed E-state index contributed by atoms with van der Waals surface area (Å²) in [4.78, 5) is 14.7. The molecule has 1 aromatic heterocycles. The number of aryl methyl sites for hydroxylation is 2. The number of nitrogens with zero attached hydrogens (tertiary/aromatic N) is 1. The van der Waals surface area contributed by atoms with Crippen LogP contribution in [0.2, 0.25) is 0 Å². The predicted octanol–water partition coefficient (Wildman–Crippen LogP) is 3.09. The van der Waals surface area contributed by atoms with Gasteiger partial charge in [0, 0.05) is 35.3 Å². The van der Waals surface area contributed by atoms with Gasteiger partial charge in [-0.25, -0.2) is 8.42 Å². The van der Waals surface area contributed by atoms with Gasteiger partial charge in [-0.05, 0) is 50.5 Å². The van der Waals surface area contributed by atoms with Gasteiger partial charge in [0.1, 0.15) is 5.75 Å². The maximum Gasteiger partial charge on any atom is 0.244 e. The third-order valence-corrected chi connectivity index (χ3v) is 8.18. The molecule has 28 heavy (non-hydrogen) atoms. The predicted molar refractivity (Wildman–Crippen MR) is 110 cm³/mol. The third kappa shape index (κ3) is 4.56. The highest BCUT2D eigenvalue weighted by Crippen LogP contribution is 2.30. The van der Waals surface area contributed by atoms with E-state index in [9.17, 15) is 13.2 Å². The number of benzene rings is 1. The second-order valence-corrected chi connectivity index (χ2v) is 10.4. The number of carbonyl (C=O) groups excluding carboxylic acids is 1. The Labute approximate surface area is 170 Å². The standard InChI is InChI=1S/C20H26N2O4S2/c1-14-12-19(15(2)27-14)28(24,25)22-10-8-17(9-11-22)20(23)21-13-16-4-6-18(26-3)7-5-16/h4-7,12,17H,8-11,13H2,1-3H3,(H,21,23). The number of methoxy groups -OCH3 is 1. The normalized spacial score (nSPS) is 16.1. The van der Waals surface area contributed by atoms with Crippen molar-refractivity contribution in [1.82, 2.24) is 9.62 Å². The molecule has 0 saturated carbocycles. The van der Waals surface area contributed by atoms with Crippen molar-refractivity contribution < 1.29 is 17.9 Å². The lowest BCUT2D eigenvalue weighted by molar-refractivity contribution is -0.126. The Morgan fingerprint density at radius 3 is 2.39 bits per heavy atom. The topological polar surface area (TPSA) is 75.7 Å². The second kappa shape index (κ2) is 8.63. The molecule has 8 heteroatoms. The van der Waals surface area contributed by atoms with Gasteiger partial charge < -0.3 is 10.1 Å². The van der Waals surface area contributed by atoms with Gasteiger partial charge in [-0.1, -0.05) is 12.1 Å². The molecule has 1 amide bonds. The van der Waals surface area contributed by atoms with Gasteiger partial charge in [-0.3, -0.25) is 4.79 Å². The summed E-state index contributed by atoms with van der Waals surface area (Å²) in [5.74, 6) is 0.602. The van der Waals surface area contributed by atoms with Crippen molar-refractivity contribution in [3.05, 3.63) is 45.6 Å². The van der Waals surface area contributed by atoms with Crippen LogP contribution in [0.25, 0.3) is 0 Å². The van der Waals surface area contributed by atoms with Gasteiger partial charge in [-0.15, -0.1) is 11.3 Å². The Hall–Kier alpha value is -1.90. The Balaban J connectivity index is 1.54. The second-order valence-electron chi connectivity index (χ2n) is 7.02. The number of amides is 1. The van der Waals surface area contributed by atoms with E-state index in [4.69, 9.17) is 4.74 Å². The lowest BCUT2D eigenvalue weighted by Gasteiger charge is -2.30. The number of hydrogen-bond acceptors (Lipinski definition) is 5. The minimum absolute atomic E-state index is 0.0181. The maximum absolute atomic E-state index is 12.9. The number of nitrogens with one attached hydrogen (secondary N) is 1. The van der Waals surface area contributed by atoms with Gasteiger partial charge in [0.15, 0.2) is 0 Å². The van der Waals surface area contributed by atoms with E-state index in [2.05, 4.69) is 5.32 Å². The number of carbonyl (C=O) groups is 1. The van der Waals surface area contributed by atoms with Crippen molar-refractivity contribution in [2.24, 2.45) is 5.92 Å². The molecule has 0 unspecified atom stereocenters. The molecule has 1 aliphatic heterocycles. The summed E-state index contributed by atoms with van der Waals surface area (Å²) in [7, 11) is -1.87. The summed E-state index contributed by atoms with van der Waals surface area (Å²) in [5.41, 5.74) is 0.998. The molecule has 0 spiro atoms. The first-order valence-electron chi connectivity index (χ1n) is 9.29. The van der Waals surface area contributed by atoms with Crippen LogP contribution in [0.4, 0.5) is 0 Å². The van der Waals surface area contributed by atoms with Crippen molar-refractivity contribution in [3.8, 4) is 5.75 Å². The summed E-state index contributed by atoms with van der Waals surface area (Å²) in [5, 5.41) is 2.96. The smallest absolute Gasteiger partial charge is 0.244 e. The monoisotopic (exact) mass is 422 g/mol. The van der Waals surface area contributed by atoms with Crippen molar-refractivity contribution >= 4 is 27.3 Å². The molecule has 0 radical (unpaired) electrons. The SMILES string of the molecule is COc1ccc(CNC(=O)C2CCN(S(=O)(=O)c3cc(C)sc3C)CC2)cc1. The molecule has 1 fully saturated rings. The number of thiophene rings is 1. The zero-order chi connectivity index (χ0) is 20.3. The molecule has 0 aliphatic carbocycles. The first kappa shape index (κ1) is 20.8. The van der Waals surface area contributed by atoms with Crippen LogP contribution in [-0.4, -0.2) is 38.8 Å². The number of hydrogen-bond donors (Lipinski definition) is 1. The van der Waals surface area contributed by atoms with Gasteiger partial charge in [-0.2, -0.15) is 4.31 Å². The fraction of sp³-hybridized carbons (Fsp3) is 0.450. The van der Waals surface area contributed by atoms with E-state index < -0.39 is 10.0 Å². The van der Waals surface area contributed by atoms with Crippen LogP contribution in [0.5, 0.6) is 5.75 Å². The summed E-state index contributed by atoms with van der Waals surface area (Å²) >= 11 is 1.49. The summed E-state index contributed by atoms with van der Waals surface area (Å²) in [6, 6.07) is 9.29. The lowest BCUT2D eigenvalue weighted by atomic mass is 9.97. The van der Waals surface area contributed by atoms with Gasteiger partial charge in [0.25, 0.3) is 0 Å². The van der Waals surface area contributed by atoms with E-state index in [-0.39, 0.29) is 11.8 Å². The average molecular weight is 423 g/mol. The molecule has 1 N–H and O–H groups in total. The fourth-order valence-corrected chi connectivity index (χ4v) is 6.43. The maximum atomic E-state index is 12.9. The van der Waals surface area contributed by atoms with Crippen LogP contribution in [0.15, 0.2) is 35.2 Å². The summed E-state index contributed by atoms with van der Waals surface area (Å²) in [6.07, 6.45) is 1.08. The number of rotatable bonds is 6. The van der Waals surface area contributed by atoms with Crippen LogP contribution >= 0.6 is 11.3 Å². The van der Waals surface area contributed by atoms with Crippen LogP contribution < -0.4 is 10.1 Å². The minimum Gasteiger partial charge on any atom is -0.497 e. The summed E-state index contributed by atoms with van der Waals surface area (Å²) in [6.45, 7) is 4.95. The first-order chi connectivity index (χ1) is 13.3. The van der Waals surface area contributed by atoms with Crippen LogP contribution in [-0.2, 0) is 21.4 Å². The average Bonchev–Trinajstić information content (AvgIpc) is 3.05. The summed E-state index contributed by atoms with van der Waals surface area (Å²) < 4.78 is 32.4. The molecule has 2 heterocycles. The Kier molecular flexibility index (Phi) is 6.42. The van der Waals surface area contributed by atoms with E-state index in [1.54, 1.807) is 13.2 Å². The highest BCUT2D eigenvalue weighted by Gasteiger charge is 2.33. The molecule has 1 saturated heterocycles. The van der Waals surface area contributed by atoms with E-state index in [0.29, 0.717) is 37.4 Å². The van der Waals surface area contributed by atoms with Gasteiger partial charge in [0.05, 0.1) is 12.0 Å². The van der Waals surface area contributed by atoms with E-state index in [0.717, 1.165) is 21.1 Å². The largest absolute Gasteiger partial charge is 0.497 e. The molecule has 1 aliphatic rings. The van der Waals surface area contributed by atoms with Crippen LogP contribution in [0.3, 0.4) is 0 Å². The Morgan fingerprint density at radius 1 is 1.21 bits per heavy atom. The molecule has 3 rings (SSSR count). The molecule has 0 atom stereocenters. The van der Waals surface area contributed by atoms with Crippen molar-refractivity contribution in [3.63, 3.8) is 0 Å². The molecule has 152 valence electrons. The number of piperidine rings is 1. The zero-order valence-electron chi connectivity index (χ0n) is 16.4. The van der Waals surface area contributed by atoms with Crippen molar-refractivity contribution in [2.45, 2.75) is 38.1 Å². The molecule has 2 aromatic rings. The molecular weight excluding hydrogens is 396 g/mol. The van der Waals surface area contributed by atoms with E-state index >= 15 is 0 Å². The highest BCUT2D eigenvalue weighted by molar-refractivity contribution is 7.89. The Morgan fingerprint density at radius 2 is 1.86 bits per heavy atom. The van der Waals surface area contributed by atoms with Gasteiger partial charge in [0.2, 0.25) is 15.9 Å². The van der Waals surface area contributed by atoms with Gasteiger partial charge >= 0.3 is 0 Å². The van der Waals surface area contributed by atoms with E-state index in [1.165, 1.54) is 15.6 Å². The Bertz CT molecular complexity index is 928. The fourth-order valence-electron chi connectivity index (χ4n) is 3.44. The minimum atomic E-state index is -3.48. The molecule has 6 nitrogen and oxygen atoms in total. The van der Waals surface area contributed by atoms with E-state index in [1.807, 2.05) is 38.1 Å². The molecular formula is C20H26N2O4S2. The molecule has 1 aromatic carbocycles. The molecule has 0 bridgehead atoms. The number of sulfonamides is 1. The van der Waals surface area contributed by atoms with Crippen LogP contribution in [0, 0.1) is 19.8 Å². The van der Waals surface area contributed by atoms with Crippen molar-refractivity contribution in [1.29, 1.82) is 0 Å².